The van der Waals surface area contributed by atoms with Gasteiger partial charge in [0.1, 0.15) is 0 Å². The van der Waals surface area contributed by atoms with Crippen molar-refractivity contribution < 1.29 is 56.8 Å². The molecule has 6 aliphatic heterocycles. The Morgan fingerprint density at radius 3 is 0.468 bits per heavy atom. The van der Waals surface area contributed by atoms with E-state index in [0.717, 1.165) is 230 Å². The molecule has 0 saturated carbocycles. The van der Waals surface area contributed by atoms with Gasteiger partial charge in [0.15, 0.2) is 69.0 Å². The van der Waals surface area contributed by atoms with E-state index in [1.165, 1.54) is 58.5 Å². The maximum atomic E-state index is 6.50. The van der Waals surface area contributed by atoms with Crippen LogP contribution >= 0.6 is 68.0 Å². The first-order valence-electron chi connectivity index (χ1n) is 29.5. The maximum Gasteiger partial charge on any atom is 0.175 e. The van der Waals surface area contributed by atoms with E-state index < -0.39 is 0 Å². The smallest absolute Gasteiger partial charge is 0.175 e. The van der Waals surface area contributed by atoms with E-state index in [-0.39, 0.29) is 0 Å². The number of ether oxygens (including phenoxy) is 12. The Bertz CT molecular complexity index is 2790. The summed E-state index contributed by atoms with van der Waals surface area (Å²) >= 11 is 11.3. The lowest BCUT2D eigenvalue weighted by Crippen LogP contribution is -2.00. The number of hydrogen-bond acceptors (Lipinski definition) is 18. The number of rotatable bonds is 22. The van der Waals surface area contributed by atoms with Crippen molar-refractivity contribution in [3.05, 3.63) is 58.5 Å². The molecule has 0 N–H and O–H groups in total. The van der Waals surface area contributed by atoms with Gasteiger partial charge in [0, 0.05) is 38.5 Å². The molecule has 0 atom stereocenters. The molecule has 6 aliphatic rings. The summed E-state index contributed by atoms with van der Waals surface area (Å²) < 4.78 is 76.5. The van der Waals surface area contributed by atoms with Crippen LogP contribution in [0.1, 0.15) is 143 Å². The number of aryl methyl sites for hydroxylation is 12. The first-order valence-corrected chi connectivity index (χ1v) is 34.4. The van der Waals surface area contributed by atoms with Gasteiger partial charge in [-0.25, -0.2) is 0 Å². The average molecular weight is 1190 g/mol. The summed E-state index contributed by atoms with van der Waals surface area (Å²) in [6.07, 6.45) is 21.7. The highest BCUT2D eigenvalue weighted by Crippen LogP contribution is 2.52. The monoisotopic (exact) mass is 1190 g/mol. The van der Waals surface area contributed by atoms with Crippen LogP contribution in [-0.2, 0) is 77.0 Å². The molecule has 0 fully saturated rings. The van der Waals surface area contributed by atoms with Crippen LogP contribution in [0.25, 0.3) is 0 Å². The van der Waals surface area contributed by atoms with Gasteiger partial charge in [-0.1, -0.05) is 13.8 Å². The first kappa shape index (κ1) is 55.3. The van der Waals surface area contributed by atoms with Gasteiger partial charge in [0.2, 0.25) is 0 Å². The van der Waals surface area contributed by atoms with Gasteiger partial charge in [-0.05, 0) is 109 Å². The third-order valence-electron chi connectivity index (χ3n) is 15.1. The highest BCUT2D eigenvalue weighted by Gasteiger charge is 2.30. The van der Waals surface area contributed by atoms with Gasteiger partial charge in [-0.15, -0.1) is 68.0 Å². The zero-order chi connectivity index (χ0) is 53.3. The topological polar surface area (TPSA) is 111 Å². The van der Waals surface area contributed by atoms with E-state index in [4.69, 9.17) is 56.8 Å². The van der Waals surface area contributed by atoms with Gasteiger partial charge in [0.25, 0.3) is 0 Å². The molecule has 0 saturated heterocycles. The fourth-order valence-electron chi connectivity index (χ4n) is 11.3. The molecule has 0 unspecified atom stereocenters. The molecule has 12 heterocycles. The van der Waals surface area contributed by atoms with E-state index in [1.54, 1.807) is 0 Å². The fourth-order valence-corrected chi connectivity index (χ4v) is 18.8. The molecular formula is C61H76O12S6. The standard InChI is InChI=1S/C61H76O12S6/c1-3-38-50-52(64-28-10-26-62-50)40(74-38)16-5-18-42-54-56(68-32-12-30-66-54)44(76-42)20-7-22-46-58-60(72-36-14-34-70-58)48(78-46)24-9-25-49-61-59(71-35-15-37-73-61)47(79-49)23-8-21-45-57-55(67-31-13-33-69-57)43(77-45)19-6-17-41-53-51(39(4-2)75-41)63-27-11-29-65-53/h3-37H2,1-2H3. The van der Waals surface area contributed by atoms with Gasteiger partial charge >= 0.3 is 0 Å². The molecule has 0 amide bonds. The summed E-state index contributed by atoms with van der Waals surface area (Å²) in [7, 11) is 0. The highest BCUT2D eigenvalue weighted by molar-refractivity contribution is 7.14. The molecule has 79 heavy (non-hydrogen) atoms. The van der Waals surface area contributed by atoms with E-state index in [9.17, 15) is 0 Å². The van der Waals surface area contributed by atoms with Crippen molar-refractivity contribution in [3.63, 3.8) is 0 Å². The first-order chi connectivity index (χ1) is 39.1. The molecular weight excluding hydrogens is 1120 g/mol. The minimum absolute atomic E-state index is 0.678. The third kappa shape index (κ3) is 12.6. The molecule has 12 nitrogen and oxygen atoms in total. The summed E-state index contributed by atoms with van der Waals surface area (Å²) in [4.78, 5) is 15.6. The van der Waals surface area contributed by atoms with Crippen LogP contribution in [0.5, 0.6) is 69.0 Å². The second-order valence-electron chi connectivity index (χ2n) is 20.9. The normalized spacial score (nSPS) is 16.6. The molecule has 0 aromatic carbocycles. The predicted molar refractivity (Wildman–Crippen MR) is 318 cm³/mol. The van der Waals surface area contributed by atoms with Crippen LogP contribution in [0, 0.1) is 0 Å². The van der Waals surface area contributed by atoms with Crippen LogP contribution in [0.2, 0.25) is 0 Å². The van der Waals surface area contributed by atoms with Crippen LogP contribution in [-0.4, -0.2) is 79.3 Å². The van der Waals surface area contributed by atoms with Crippen LogP contribution in [0.3, 0.4) is 0 Å². The lowest BCUT2D eigenvalue weighted by Gasteiger charge is -2.08. The Morgan fingerprint density at radius 2 is 0.329 bits per heavy atom. The molecule has 12 rings (SSSR count). The van der Waals surface area contributed by atoms with Crippen LogP contribution < -0.4 is 56.8 Å². The molecule has 0 bridgehead atoms. The summed E-state index contributed by atoms with van der Waals surface area (Å²) in [5.74, 6) is 11.7. The Balaban J connectivity index is 0.675. The minimum atomic E-state index is 0.678. The lowest BCUT2D eigenvalue weighted by molar-refractivity contribution is 0.294. The van der Waals surface area contributed by atoms with Gasteiger partial charge in [0.05, 0.1) is 138 Å². The zero-order valence-electron chi connectivity index (χ0n) is 46.1. The Kier molecular flexibility index (Phi) is 18.8. The van der Waals surface area contributed by atoms with Crippen molar-refractivity contribution in [2.45, 2.75) is 162 Å². The predicted octanol–water partition coefficient (Wildman–Crippen LogP) is 15.0. The van der Waals surface area contributed by atoms with Crippen molar-refractivity contribution in [3.8, 4) is 69.0 Å². The Hall–Kier alpha value is -4.20. The van der Waals surface area contributed by atoms with E-state index >= 15 is 0 Å². The van der Waals surface area contributed by atoms with Gasteiger partial charge < -0.3 is 56.8 Å². The van der Waals surface area contributed by atoms with Gasteiger partial charge in [-0.2, -0.15) is 0 Å². The fraction of sp³-hybridized carbons (Fsp3) is 0.607. The van der Waals surface area contributed by atoms with Crippen molar-refractivity contribution in [1.82, 2.24) is 0 Å². The SMILES string of the molecule is CCc1sc(CCCc2sc(CCCc3sc(CCCc4sc(CCCc5sc(CCCc6sc(CC)c7c6OCCCO7)c6c5OCCCO6)c5c4OCCCO5)c4c3OCCCO4)c3c2OCCCO3)c2c1OCCCO2. The summed E-state index contributed by atoms with van der Waals surface area (Å²) in [5, 5.41) is 0. The second-order valence-corrected chi connectivity index (χ2v) is 28.1. The largest absolute Gasteiger partial charge is 0.488 e. The summed E-state index contributed by atoms with van der Waals surface area (Å²) in [6, 6.07) is 0. The molecule has 0 radical (unpaired) electrons. The van der Waals surface area contributed by atoms with Gasteiger partial charge in [-0.3, -0.25) is 0 Å². The van der Waals surface area contributed by atoms with Crippen LogP contribution in [0.4, 0.5) is 0 Å². The van der Waals surface area contributed by atoms with Crippen molar-refractivity contribution in [2.75, 3.05) is 79.3 Å². The number of thiophene rings is 6. The quantitative estimate of drug-likeness (QED) is 0.0645. The van der Waals surface area contributed by atoms with Crippen molar-refractivity contribution in [2.24, 2.45) is 0 Å². The molecule has 0 spiro atoms. The van der Waals surface area contributed by atoms with E-state index in [1.807, 2.05) is 68.0 Å². The lowest BCUT2D eigenvalue weighted by atomic mass is 10.1. The van der Waals surface area contributed by atoms with E-state index in [0.29, 0.717) is 66.1 Å². The molecule has 0 aliphatic carbocycles. The third-order valence-corrected chi connectivity index (χ3v) is 22.9. The summed E-state index contributed by atoms with van der Waals surface area (Å²) in [6.45, 7) is 12.8. The molecule has 18 heteroatoms. The number of fused-ring (bicyclic) bond motifs is 6. The number of hydrogen-bond donors (Lipinski definition) is 0. The highest BCUT2D eigenvalue weighted by atomic mass is 32.1. The molecule has 6 aromatic rings. The molecule has 428 valence electrons. The van der Waals surface area contributed by atoms with Crippen molar-refractivity contribution in [1.29, 1.82) is 0 Å². The Morgan fingerprint density at radius 1 is 0.203 bits per heavy atom. The maximum absolute atomic E-state index is 6.50. The van der Waals surface area contributed by atoms with E-state index in [2.05, 4.69) is 13.8 Å². The average Bonchev–Trinajstić information content (AvgIpc) is 3.92. The summed E-state index contributed by atoms with van der Waals surface area (Å²) in [5.41, 5.74) is 0. The zero-order valence-corrected chi connectivity index (χ0v) is 51.0. The second kappa shape index (κ2) is 26.8. The van der Waals surface area contributed by atoms with Crippen molar-refractivity contribution >= 4 is 68.0 Å². The molecule has 6 aromatic heterocycles. The van der Waals surface area contributed by atoms with Crippen LogP contribution in [0.15, 0.2) is 0 Å². The minimum Gasteiger partial charge on any atom is -0.488 e. The Labute approximate surface area is 489 Å².